The van der Waals surface area contributed by atoms with Crippen LogP contribution < -0.4 is 0 Å². The summed E-state index contributed by atoms with van der Waals surface area (Å²) in [4.78, 5) is 24.2. The molecule has 2 saturated carbocycles. The minimum atomic E-state index is -1.14. The van der Waals surface area contributed by atoms with Crippen molar-refractivity contribution in [2.24, 2.45) is 17.3 Å². The van der Waals surface area contributed by atoms with Gasteiger partial charge in [0.2, 0.25) is 0 Å². The van der Waals surface area contributed by atoms with E-state index in [1.54, 1.807) is 0 Å². The van der Waals surface area contributed by atoms with E-state index in [0.29, 0.717) is 18.8 Å². The number of hydrogen-bond donors (Lipinski definition) is 1. The Bertz CT molecular complexity index is 431. The number of allylic oxidation sites excluding steroid dienone is 1. The zero-order valence-corrected chi connectivity index (χ0v) is 11.6. The van der Waals surface area contributed by atoms with Crippen LogP contribution in [0.15, 0.2) is 11.1 Å². The molecule has 0 heterocycles. The lowest BCUT2D eigenvalue weighted by Gasteiger charge is -2.50. The lowest BCUT2D eigenvalue weighted by Crippen LogP contribution is -2.55. The maximum absolute atomic E-state index is 12.2. The quantitative estimate of drug-likeness (QED) is 0.671. The van der Waals surface area contributed by atoms with Crippen LogP contribution in [0, 0.1) is 17.3 Å². The van der Waals surface area contributed by atoms with Crippen LogP contribution in [-0.4, -0.2) is 22.8 Å². The number of fused-ring (bicyclic) bond motifs is 1. The molecule has 0 aromatic heterocycles. The molecule has 2 rings (SSSR count). The molecule has 0 aliphatic heterocycles. The maximum Gasteiger partial charge on any atom is 0.187 e. The Labute approximate surface area is 108 Å². The van der Waals surface area contributed by atoms with Crippen molar-refractivity contribution in [1.29, 1.82) is 0 Å². The average molecular weight is 250 g/mol. The van der Waals surface area contributed by atoms with Gasteiger partial charge in [0.15, 0.2) is 5.78 Å². The molecule has 0 radical (unpaired) electrons. The van der Waals surface area contributed by atoms with Crippen LogP contribution in [0.1, 0.15) is 47.0 Å². The lowest BCUT2D eigenvalue weighted by molar-refractivity contribution is -0.152. The van der Waals surface area contributed by atoms with Gasteiger partial charge in [0, 0.05) is 6.42 Å². The van der Waals surface area contributed by atoms with Gasteiger partial charge in [0.25, 0.3) is 0 Å². The lowest BCUT2D eigenvalue weighted by atomic mass is 9.53. The molecule has 2 fully saturated rings. The fourth-order valence-corrected chi connectivity index (χ4v) is 3.56. The third-order valence-electron chi connectivity index (χ3n) is 5.05. The number of Topliss-reactive ketones (excluding diaryl/α,β-unsaturated/α-hetero) is 2. The van der Waals surface area contributed by atoms with Crippen LogP contribution in [-0.2, 0) is 9.59 Å². The van der Waals surface area contributed by atoms with Gasteiger partial charge in [-0.3, -0.25) is 9.59 Å². The second-order valence-electron chi connectivity index (χ2n) is 6.35. The second kappa shape index (κ2) is 4.30. The molecule has 1 N–H and O–H groups in total. The number of rotatable bonds is 0. The predicted octanol–water partition coefficient (Wildman–Crippen LogP) is 2.28. The first-order chi connectivity index (χ1) is 8.29. The van der Waals surface area contributed by atoms with Crippen molar-refractivity contribution in [3.63, 3.8) is 0 Å². The summed E-state index contributed by atoms with van der Waals surface area (Å²) in [6.07, 6.45) is 0.852. The van der Waals surface area contributed by atoms with Crippen molar-refractivity contribution >= 4 is 11.6 Å². The summed E-state index contributed by atoms with van der Waals surface area (Å²) < 4.78 is 0. The molecule has 3 heteroatoms. The van der Waals surface area contributed by atoms with Crippen molar-refractivity contribution in [2.45, 2.75) is 53.1 Å². The molecule has 0 amide bonds. The van der Waals surface area contributed by atoms with Crippen molar-refractivity contribution in [3.8, 4) is 0 Å². The van der Waals surface area contributed by atoms with E-state index in [0.717, 1.165) is 17.6 Å². The molecule has 0 bridgehead atoms. The molecule has 4 atom stereocenters. The van der Waals surface area contributed by atoms with Crippen LogP contribution in [0.4, 0.5) is 0 Å². The molecule has 0 spiro atoms. The second-order valence-corrected chi connectivity index (χ2v) is 6.35. The summed E-state index contributed by atoms with van der Waals surface area (Å²) in [7, 11) is 0. The highest BCUT2D eigenvalue weighted by Gasteiger charge is 2.55. The van der Waals surface area contributed by atoms with Crippen LogP contribution in [0.3, 0.4) is 0 Å². The summed E-state index contributed by atoms with van der Waals surface area (Å²) in [6, 6.07) is 0. The Morgan fingerprint density at radius 2 is 1.94 bits per heavy atom. The molecular weight excluding hydrogens is 228 g/mol. The molecule has 100 valence electrons. The number of hydrogen-bond acceptors (Lipinski definition) is 3. The summed E-state index contributed by atoms with van der Waals surface area (Å²) in [6.45, 7) is 7.99. The van der Waals surface area contributed by atoms with Crippen LogP contribution in [0.5, 0.6) is 0 Å². The number of aliphatic hydroxyl groups is 1. The molecule has 0 aromatic carbocycles. The third-order valence-corrected chi connectivity index (χ3v) is 5.05. The van der Waals surface area contributed by atoms with Gasteiger partial charge in [-0.05, 0) is 43.6 Å². The highest BCUT2D eigenvalue weighted by molar-refractivity contribution is 6.04. The molecule has 3 nitrogen and oxygen atoms in total. The van der Waals surface area contributed by atoms with E-state index in [1.165, 1.54) is 0 Å². The minimum Gasteiger partial charge on any atom is -0.384 e. The smallest absolute Gasteiger partial charge is 0.187 e. The topological polar surface area (TPSA) is 54.4 Å². The Morgan fingerprint density at radius 3 is 2.50 bits per heavy atom. The van der Waals surface area contributed by atoms with E-state index in [2.05, 4.69) is 13.8 Å². The van der Waals surface area contributed by atoms with Gasteiger partial charge in [-0.2, -0.15) is 0 Å². The number of aliphatic hydroxyl groups excluding tert-OH is 1. The molecular formula is C15H22O3. The first-order valence-electron chi connectivity index (χ1n) is 6.70. The van der Waals surface area contributed by atoms with Gasteiger partial charge in [0.05, 0.1) is 5.92 Å². The van der Waals surface area contributed by atoms with Gasteiger partial charge in [0.1, 0.15) is 11.9 Å². The van der Waals surface area contributed by atoms with Gasteiger partial charge < -0.3 is 5.11 Å². The first kappa shape index (κ1) is 13.5. The van der Waals surface area contributed by atoms with E-state index in [9.17, 15) is 14.7 Å². The normalized spacial score (nSPS) is 40.7. The fraction of sp³-hybridized carbons (Fsp3) is 0.733. The highest BCUT2D eigenvalue weighted by atomic mass is 16.3. The van der Waals surface area contributed by atoms with E-state index in [1.807, 2.05) is 13.8 Å². The van der Waals surface area contributed by atoms with Gasteiger partial charge >= 0.3 is 0 Å². The number of carbonyl (C=O) groups excluding carboxylic acids is 2. The Hall–Kier alpha value is -0.960. The molecule has 2 aliphatic rings. The average Bonchev–Trinajstić information content (AvgIpc) is 2.29. The Morgan fingerprint density at radius 1 is 1.33 bits per heavy atom. The monoisotopic (exact) mass is 250 g/mol. The van der Waals surface area contributed by atoms with E-state index in [4.69, 9.17) is 0 Å². The van der Waals surface area contributed by atoms with Crippen molar-refractivity contribution < 1.29 is 14.7 Å². The molecule has 18 heavy (non-hydrogen) atoms. The summed E-state index contributed by atoms with van der Waals surface area (Å²) in [5.74, 6) is -0.321. The van der Waals surface area contributed by atoms with Crippen molar-refractivity contribution in [2.75, 3.05) is 0 Å². The van der Waals surface area contributed by atoms with Gasteiger partial charge in [-0.25, -0.2) is 0 Å². The van der Waals surface area contributed by atoms with Crippen LogP contribution in [0.2, 0.25) is 0 Å². The fourth-order valence-electron chi connectivity index (χ4n) is 3.56. The maximum atomic E-state index is 12.2. The molecule has 0 saturated heterocycles. The zero-order chi connectivity index (χ0) is 13.7. The molecule has 2 aliphatic carbocycles. The van der Waals surface area contributed by atoms with Gasteiger partial charge in [-0.1, -0.05) is 19.4 Å². The Kier molecular flexibility index (Phi) is 3.22. The number of ketones is 2. The van der Waals surface area contributed by atoms with Crippen molar-refractivity contribution in [3.05, 3.63) is 11.1 Å². The highest BCUT2D eigenvalue weighted by Crippen LogP contribution is 2.52. The summed E-state index contributed by atoms with van der Waals surface area (Å²) in [5.41, 5.74) is 1.42. The van der Waals surface area contributed by atoms with E-state index < -0.39 is 12.0 Å². The van der Waals surface area contributed by atoms with E-state index >= 15 is 0 Å². The van der Waals surface area contributed by atoms with Crippen molar-refractivity contribution in [1.82, 2.24) is 0 Å². The van der Waals surface area contributed by atoms with Crippen LogP contribution in [0.25, 0.3) is 0 Å². The minimum absolute atomic E-state index is 0.0595. The zero-order valence-electron chi connectivity index (χ0n) is 11.6. The van der Waals surface area contributed by atoms with Crippen LogP contribution >= 0.6 is 0 Å². The van der Waals surface area contributed by atoms with Gasteiger partial charge in [-0.15, -0.1) is 0 Å². The summed E-state index contributed by atoms with van der Waals surface area (Å²) >= 11 is 0. The van der Waals surface area contributed by atoms with E-state index in [-0.39, 0.29) is 17.0 Å². The standard InChI is InChI=1S/C15H22O3/c1-8(2)10-7-15(4)9(3)5-6-11(16)12(15)14(18)13(10)17/h9,12,14,18H,5-7H2,1-4H3. The SMILES string of the molecule is CC(C)=C1CC2(C)C(C)CCC(=O)C2C(O)C1=O. The third kappa shape index (κ3) is 1.76. The number of carbonyl (C=O) groups is 2. The Balaban J connectivity index is 2.50. The molecule has 4 unspecified atom stereocenters. The largest absolute Gasteiger partial charge is 0.384 e. The first-order valence-corrected chi connectivity index (χ1v) is 6.70. The summed E-state index contributed by atoms with van der Waals surface area (Å²) in [5, 5.41) is 10.2. The molecule has 0 aromatic rings. The predicted molar refractivity (Wildman–Crippen MR) is 69.0 cm³/mol.